The number of carboxylic acid groups (broad SMARTS) is 1. The molecule has 3 N–H and O–H groups in total. The van der Waals surface area contributed by atoms with Crippen molar-refractivity contribution in [2.24, 2.45) is 0 Å². The van der Waals surface area contributed by atoms with Gasteiger partial charge in [-0.05, 0) is 33.2 Å². The summed E-state index contributed by atoms with van der Waals surface area (Å²) in [5.74, 6) is -1.44. The van der Waals surface area contributed by atoms with Crippen molar-refractivity contribution in [1.82, 2.24) is 0 Å². The molecule has 0 fully saturated rings. The number of benzene rings is 3. The van der Waals surface area contributed by atoms with Crippen LogP contribution in [0.2, 0.25) is 0 Å². The van der Waals surface area contributed by atoms with E-state index in [4.69, 9.17) is 5.11 Å². The molecule has 0 bridgehead atoms. The third-order valence-electron chi connectivity index (χ3n) is 3.66. The summed E-state index contributed by atoms with van der Waals surface area (Å²) in [7, 11) is 0. The third kappa shape index (κ3) is 2.24. The van der Waals surface area contributed by atoms with Crippen molar-refractivity contribution in [3.63, 3.8) is 0 Å². The van der Waals surface area contributed by atoms with Crippen molar-refractivity contribution in [3.8, 4) is 0 Å². The van der Waals surface area contributed by atoms with E-state index >= 15 is 0 Å². The van der Waals surface area contributed by atoms with Crippen LogP contribution in [-0.4, -0.2) is 27.4 Å². The number of aliphatic hydroxyl groups is 2. The quantitative estimate of drug-likeness (QED) is 0.645. The highest BCUT2D eigenvalue weighted by molar-refractivity contribution is 6.03. The topological polar surface area (TPSA) is 77.8 Å². The molecule has 3 rings (SSSR count). The van der Waals surface area contributed by atoms with Crippen LogP contribution in [0.5, 0.6) is 0 Å². The maximum absolute atomic E-state index is 11.0. The summed E-state index contributed by atoms with van der Waals surface area (Å²) in [6.07, 6.45) is -3.35. The zero-order valence-corrected chi connectivity index (χ0v) is 11.1. The van der Waals surface area contributed by atoms with Crippen LogP contribution in [0, 0.1) is 0 Å². The Kier molecular flexibility index (Phi) is 3.33. The molecule has 3 aromatic carbocycles. The van der Waals surface area contributed by atoms with Gasteiger partial charge >= 0.3 is 5.97 Å². The van der Waals surface area contributed by atoms with Crippen molar-refractivity contribution in [1.29, 1.82) is 0 Å². The van der Waals surface area contributed by atoms with Gasteiger partial charge in [0.25, 0.3) is 0 Å². The molecule has 2 unspecified atom stereocenters. The molecule has 2 atom stereocenters. The van der Waals surface area contributed by atoms with Crippen molar-refractivity contribution in [2.45, 2.75) is 12.2 Å². The predicted octanol–water partition coefficient (Wildman–Crippen LogP) is 2.47. The Morgan fingerprint density at radius 1 is 0.857 bits per heavy atom. The molecular formula is C17H14O4. The standard InChI is InChI=1S/C17H14O4/c18-15(16(19)17(20)21)14-12-7-3-1-5-10(12)9-11-6-2-4-8-13(11)14/h1-9,15-16,18-19H,(H,20,21). The summed E-state index contributed by atoms with van der Waals surface area (Å²) in [5, 5.41) is 32.3. The van der Waals surface area contributed by atoms with Gasteiger partial charge in [-0.3, -0.25) is 0 Å². The number of carboxylic acids is 1. The van der Waals surface area contributed by atoms with E-state index in [1.165, 1.54) is 0 Å². The second kappa shape index (κ2) is 5.16. The van der Waals surface area contributed by atoms with Gasteiger partial charge in [0.2, 0.25) is 0 Å². The first-order valence-corrected chi connectivity index (χ1v) is 6.59. The molecule has 3 aromatic rings. The Morgan fingerprint density at radius 3 is 1.81 bits per heavy atom. The maximum Gasteiger partial charge on any atom is 0.335 e. The van der Waals surface area contributed by atoms with E-state index in [1.807, 2.05) is 54.6 Å². The van der Waals surface area contributed by atoms with Crippen LogP contribution >= 0.6 is 0 Å². The summed E-state index contributed by atoms with van der Waals surface area (Å²) >= 11 is 0. The average molecular weight is 282 g/mol. The monoisotopic (exact) mass is 282 g/mol. The van der Waals surface area contributed by atoms with Crippen LogP contribution < -0.4 is 0 Å². The van der Waals surface area contributed by atoms with E-state index in [1.54, 1.807) is 0 Å². The van der Waals surface area contributed by atoms with E-state index in [0.29, 0.717) is 5.56 Å². The molecule has 21 heavy (non-hydrogen) atoms. The van der Waals surface area contributed by atoms with Gasteiger partial charge in [-0.2, -0.15) is 0 Å². The van der Waals surface area contributed by atoms with E-state index < -0.39 is 18.2 Å². The van der Waals surface area contributed by atoms with Gasteiger partial charge in [0.05, 0.1) is 0 Å². The molecule has 4 heteroatoms. The first-order chi connectivity index (χ1) is 10.1. The number of aliphatic hydroxyl groups excluding tert-OH is 2. The highest BCUT2D eigenvalue weighted by Crippen LogP contribution is 2.34. The molecule has 0 radical (unpaired) electrons. The van der Waals surface area contributed by atoms with Crippen molar-refractivity contribution in [3.05, 3.63) is 60.2 Å². The van der Waals surface area contributed by atoms with E-state index in [-0.39, 0.29) is 0 Å². The second-order valence-corrected chi connectivity index (χ2v) is 4.96. The lowest BCUT2D eigenvalue weighted by molar-refractivity contribution is -0.152. The van der Waals surface area contributed by atoms with Crippen LogP contribution in [0.4, 0.5) is 0 Å². The first kappa shape index (κ1) is 13.5. The lowest BCUT2D eigenvalue weighted by Gasteiger charge is -2.19. The van der Waals surface area contributed by atoms with Crippen LogP contribution in [0.3, 0.4) is 0 Å². The maximum atomic E-state index is 11.0. The second-order valence-electron chi connectivity index (χ2n) is 4.96. The molecule has 0 aliphatic heterocycles. The Bertz CT molecular complexity index is 771. The van der Waals surface area contributed by atoms with Gasteiger partial charge in [0.15, 0.2) is 6.10 Å². The lowest BCUT2D eigenvalue weighted by atomic mass is 9.91. The summed E-state index contributed by atoms with van der Waals surface area (Å²) in [5.41, 5.74) is 0.443. The lowest BCUT2D eigenvalue weighted by Crippen LogP contribution is -2.27. The van der Waals surface area contributed by atoms with E-state index in [9.17, 15) is 15.0 Å². The Balaban J connectivity index is 2.37. The summed E-state index contributed by atoms with van der Waals surface area (Å²) in [6.45, 7) is 0. The molecule has 0 spiro atoms. The SMILES string of the molecule is O=C(O)C(O)C(O)c1c2ccccc2cc2ccccc12. The van der Waals surface area contributed by atoms with Crippen LogP contribution in [-0.2, 0) is 4.79 Å². The van der Waals surface area contributed by atoms with Crippen LogP contribution in [0.25, 0.3) is 21.5 Å². The fraction of sp³-hybridized carbons (Fsp3) is 0.118. The summed E-state index contributed by atoms with van der Waals surface area (Å²) < 4.78 is 0. The van der Waals surface area contributed by atoms with Gasteiger partial charge in [-0.15, -0.1) is 0 Å². The zero-order valence-electron chi connectivity index (χ0n) is 11.1. The molecule has 0 aromatic heterocycles. The Hall–Kier alpha value is -2.43. The minimum Gasteiger partial charge on any atom is -0.479 e. The fourth-order valence-electron chi connectivity index (χ4n) is 2.66. The number of rotatable bonds is 3. The van der Waals surface area contributed by atoms with E-state index in [0.717, 1.165) is 21.5 Å². The highest BCUT2D eigenvalue weighted by Gasteiger charge is 2.28. The smallest absolute Gasteiger partial charge is 0.335 e. The summed E-state index contributed by atoms with van der Waals surface area (Å²) in [4.78, 5) is 11.0. The molecule has 0 heterocycles. The van der Waals surface area contributed by atoms with Crippen LogP contribution in [0.1, 0.15) is 11.7 Å². The normalized spacial score (nSPS) is 14.2. The fourth-order valence-corrected chi connectivity index (χ4v) is 2.66. The highest BCUT2D eigenvalue weighted by atomic mass is 16.4. The van der Waals surface area contributed by atoms with Crippen LogP contribution in [0.15, 0.2) is 54.6 Å². The molecule has 4 nitrogen and oxygen atoms in total. The largest absolute Gasteiger partial charge is 0.479 e. The molecule has 0 saturated heterocycles. The van der Waals surface area contributed by atoms with Gasteiger partial charge < -0.3 is 15.3 Å². The Morgan fingerprint density at radius 2 is 1.33 bits per heavy atom. The molecule has 106 valence electrons. The van der Waals surface area contributed by atoms with Crippen molar-refractivity contribution >= 4 is 27.5 Å². The molecule has 0 aliphatic carbocycles. The number of hydrogen-bond donors (Lipinski definition) is 3. The van der Waals surface area contributed by atoms with Gasteiger partial charge in [0.1, 0.15) is 6.10 Å². The minimum absolute atomic E-state index is 0.443. The Labute approximate surface area is 120 Å². The number of carbonyl (C=O) groups is 1. The molecule has 0 amide bonds. The van der Waals surface area contributed by atoms with Gasteiger partial charge in [-0.1, -0.05) is 48.5 Å². The molecule has 0 aliphatic rings. The van der Waals surface area contributed by atoms with E-state index in [2.05, 4.69) is 0 Å². The first-order valence-electron chi connectivity index (χ1n) is 6.59. The summed E-state index contributed by atoms with van der Waals surface area (Å²) in [6, 6.07) is 16.8. The average Bonchev–Trinajstić information content (AvgIpc) is 2.51. The third-order valence-corrected chi connectivity index (χ3v) is 3.66. The van der Waals surface area contributed by atoms with Gasteiger partial charge in [-0.25, -0.2) is 4.79 Å². The number of aliphatic carboxylic acids is 1. The van der Waals surface area contributed by atoms with Crippen molar-refractivity contribution < 1.29 is 20.1 Å². The predicted molar refractivity (Wildman–Crippen MR) is 80.1 cm³/mol. The minimum atomic E-state index is -1.86. The van der Waals surface area contributed by atoms with Crippen molar-refractivity contribution in [2.75, 3.05) is 0 Å². The molecular weight excluding hydrogens is 268 g/mol. The zero-order chi connectivity index (χ0) is 15.0. The van der Waals surface area contributed by atoms with Gasteiger partial charge in [0, 0.05) is 0 Å². The number of hydrogen-bond acceptors (Lipinski definition) is 3. The number of fused-ring (bicyclic) bond motifs is 2. The molecule has 0 saturated carbocycles.